The van der Waals surface area contributed by atoms with Gasteiger partial charge in [0.05, 0.1) is 0 Å². The largest absolute Gasteiger partial charge is 0.310 e. The Kier molecular flexibility index (Phi) is 3.81. The summed E-state index contributed by atoms with van der Waals surface area (Å²) in [6.07, 6.45) is 4.10. The summed E-state index contributed by atoms with van der Waals surface area (Å²) in [7, 11) is 0. The second-order valence-corrected chi connectivity index (χ2v) is 5.76. The summed E-state index contributed by atoms with van der Waals surface area (Å²) in [5.74, 6) is 1.81. The molecule has 1 aliphatic rings. The molecule has 1 aromatic rings. The zero-order chi connectivity index (χ0) is 10.7. The highest BCUT2D eigenvalue weighted by Crippen LogP contribution is 2.29. The van der Waals surface area contributed by atoms with Gasteiger partial charge < -0.3 is 5.32 Å². The van der Waals surface area contributed by atoms with Crippen molar-refractivity contribution in [3.8, 4) is 0 Å². The quantitative estimate of drug-likeness (QED) is 0.824. The normalized spacial score (nSPS) is 31.7. The van der Waals surface area contributed by atoms with Crippen LogP contribution in [0, 0.1) is 11.8 Å². The molecule has 0 aromatic carbocycles. The molecule has 0 bridgehead atoms. The smallest absolute Gasteiger partial charge is 0.0216 e. The van der Waals surface area contributed by atoms with Gasteiger partial charge in [0.15, 0.2) is 0 Å². The van der Waals surface area contributed by atoms with Crippen molar-refractivity contribution < 1.29 is 0 Å². The minimum absolute atomic E-state index is 0.746. The molecular weight excluding hydrogens is 202 g/mol. The van der Waals surface area contributed by atoms with Crippen molar-refractivity contribution in [3.05, 3.63) is 22.4 Å². The lowest BCUT2D eigenvalue weighted by molar-refractivity contribution is 0.225. The molecule has 1 nitrogen and oxygen atoms in total. The van der Waals surface area contributed by atoms with Gasteiger partial charge in [-0.3, -0.25) is 0 Å². The van der Waals surface area contributed by atoms with E-state index >= 15 is 0 Å². The van der Waals surface area contributed by atoms with Gasteiger partial charge in [-0.1, -0.05) is 13.8 Å². The van der Waals surface area contributed by atoms with E-state index in [4.69, 9.17) is 0 Å². The SMILES string of the molecule is CC1CCC(NCc2ccsc2)CC1C. The van der Waals surface area contributed by atoms with Crippen molar-refractivity contribution >= 4 is 11.3 Å². The Hall–Kier alpha value is -0.340. The summed E-state index contributed by atoms with van der Waals surface area (Å²) in [5, 5.41) is 8.07. The summed E-state index contributed by atoms with van der Waals surface area (Å²) in [6.45, 7) is 5.83. The van der Waals surface area contributed by atoms with E-state index in [1.807, 2.05) is 0 Å². The molecule has 0 amide bonds. The number of thiophene rings is 1. The van der Waals surface area contributed by atoms with Gasteiger partial charge in [0.1, 0.15) is 0 Å². The highest BCUT2D eigenvalue weighted by Gasteiger charge is 2.23. The molecule has 3 unspecified atom stereocenters. The molecule has 15 heavy (non-hydrogen) atoms. The molecule has 1 heterocycles. The summed E-state index contributed by atoms with van der Waals surface area (Å²) >= 11 is 1.79. The Bertz CT molecular complexity index is 281. The van der Waals surface area contributed by atoms with Crippen LogP contribution in [0.25, 0.3) is 0 Å². The standard InChI is InChI=1S/C13H21NS/c1-10-3-4-13(7-11(10)2)14-8-12-5-6-15-9-12/h5-6,9-11,13-14H,3-4,7-8H2,1-2H3. The van der Waals surface area contributed by atoms with Crippen LogP contribution in [-0.4, -0.2) is 6.04 Å². The third-order valence-electron chi connectivity index (χ3n) is 3.77. The van der Waals surface area contributed by atoms with E-state index in [1.54, 1.807) is 11.3 Å². The lowest BCUT2D eigenvalue weighted by atomic mass is 9.79. The molecule has 0 radical (unpaired) electrons. The molecule has 3 atom stereocenters. The Morgan fingerprint density at radius 3 is 2.87 bits per heavy atom. The molecule has 84 valence electrons. The van der Waals surface area contributed by atoms with E-state index in [0.29, 0.717) is 0 Å². The van der Waals surface area contributed by atoms with Crippen LogP contribution in [0.2, 0.25) is 0 Å². The molecule has 1 N–H and O–H groups in total. The third-order valence-corrected chi connectivity index (χ3v) is 4.51. The fourth-order valence-electron chi connectivity index (χ4n) is 2.39. The summed E-state index contributed by atoms with van der Waals surface area (Å²) in [6, 6.07) is 2.96. The van der Waals surface area contributed by atoms with Crippen LogP contribution < -0.4 is 5.32 Å². The van der Waals surface area contributed by atoms with Crippen molar-refractivity contribution in [2.45, 2.75) is 45.7 Å². The van der Waals surface area contributed by atoms with Gasteiger partial charge in [0, 0.05) is 12.6 Å². The average Bonchev–Trinajstić information content (AvgIpc) is 2.73. The minimum atomic E-state index is 0.746. The highest BCUT2D eigenvalue weighted by molar-refractivity contribution is 7.07. The fraction of sp³-hybridized carbons (Fsp3) is 0.692. The first-order valence-corrected chi connectivity index (χ1v) is 6.94. The monoisotopic (exact) mass is 223 g/mol. The van der Waals surface area contributed by atoms with Crippen LogP contribution in [0.5, 0.6) is 0 Å². The molecule has 0 spiro atoms. The van der Waals surface area contributed by atoms with E-state index in [0.717, 1.165) is 24.4 Å². The summed E-state index contributed by atoms with van der Waals surface area (Å²) < 4.78 is 0. The van der Waals surface area contributed by atoms with Crippen LogP contribution in [0.15, 0.2) is 16.8 Å². The molecule has 1 aromatic heterocycles. The lowest BCUT2D eigenvalue weighted by Crippen LogP contribution is -2.35. The Labute approximate surface area is 96.9 Å². The third kappa shape index (κ3) is 3.05. The highest BCUT2D eigenvalue weighted by atomic mass is 32.1. The van der Waals surface area contributed by atoms with Gasteiger partial charge >= 0.3 is 0 Å². The van der Waals surface area contributed by atoms with Crippen molar-refractivity contribution in [3.63, 3.8) is 0 Å². The second-order valence-electron chi connectivity index (χ2n) is 4.98. The Morgan fingerprint density at radius 1 is 1.33 bits per heavy atom. The van der Waals surface area contributed by atoms with E-state index < -0.39 is 0 Å². The Morgan fingerprint density at radius 2 is 2.20 bits per heavy atom. The van der Waals surface area contributed by atoms with Crippen LogP contribution in [0.3, 0.4) is 0 Å². The van der Waals surface area contributed by atoms with E-state index in [1.165, 1.54) is 24.8 Å². The first kappa shape index (κ1) is 11.2. The van der Waals surface area contributed by atoms with Gasteiger partial charge in [-0.15, -0.1) is 0 Å². The van der Waals surface area contributed by atoms with Crippen molar-refractivity contribution in [1.82, 2.24) is 5.32 Å². The fourth-order valence-corrected chi connectivity index (χ4v) is 3.06. The maximum Gasteiger partial charge on any atom is 0.0216 e. The maximum atomic E-state index is 3.68. The zero-order valence-electron chi connectivity index (χ0n) is 9.70. The minimum Gasteiger partial charge on any atom is -0.310 e. The number of hydrogen-bond acceptors (Lipinski definition) is 2. The zero-order valence-corrected chi connectivity index (χ0v) is 10.5. The molecule has 2 heteroatoms. The predicted molar refractivity (Wildman–Crippen MR) is 67.1 cm³/mol. The molecule has 0 saturated heterocycles. The maximum absolute atomic E-state index is 3.68. The summed E-state index contributed by atoms with van der Waals surface area (Å²) in [4.78, 5) is 0. The molecule has 1 aliphatic carbocycles. The second kappa shape index (κ2) is 5.13. The predicted octanol–water partition coefficient (Wildman–Crippen LogP) is 3.66. The van der Waals surface area contributed by atoms with Crippen LogP contribution in [0.1, 0.15) is 38.7 Å². The van der Waals surface area contributed by atoms with Gasteiger partial charge in [-0.05, 0) is 53.5 Å². The number of rotatable bonds is 3. The van der Waals surface area contributed by atoms with Crippen LogP contribution in [-0.2, 0) is 6.54 Å². The first-order valence-electron chi connectivity index (χ1n) is 6.00. The van der Waals surface area contributed by atoms with Gasteiger partial charge in [-0.25, -0.2) is 0 Å². The van der Waals surface area contributed by atoms with Crippen LogP contribution >= 0.6 is 11.3 Å². The van der Waals surface area contributed by atoms with Crippen molar-refractivity contribution in [2.75, 3.05) is 0 Å². The van der Waals surface area contributed by atoms with Gasteiger partial charge in [0.2, 0.25) is 0 Å². The van der Waals surface area contributed by atoms with Crippen LogP contribution in [0.4, 0.5) is 0 Å². The topological polar surface area (TPSA) is 12.0 Å². The first-order chi connectivity index (χ1) is 7.25. The molecule has 0 aliphatic heterocycles. The summed E-state index contributed by atoms with van der Waals surface area (Å²) in [5.41, 5.74) is 1.44. The van der Waals surface area contributed by atoms with E-state index in [-0.39, 0.29) is 0 Å². The molecule has 1 saturated carbocycles. The van der Waals surface area contributed by atoms with Gasteiger partial charge in [0.25, 0.3) is 0 Å². The Balaban J connectivity index is 1.76. The van der Waals surface area contributed by atoms with E-state index in [2.05, 4.69) is 36.0 Å². The molecule has 1 fully saturated rings. The lowest BCUT2D eigenvalue weighted by Gasteiger charge is -2.32. The molecule has 2 rings (SSSR count). The van der Waals surface area contributed by atoms with E-state index in [9.17, 15) is 0 Å². The van der Waals surface area contributed by atoms with Gasteiger partial charge in [-0.2, -0.15) is 11.3 Å². The number of hydrogen-bond donors (Lipinski definition) is 1. The average molecular weight is 223 g/mol. The number of nitrogens with one attached hydrogen (secondary N) is 1. The van der Waals surface area contributed by atoms with Crippen molar-refractivity contribution in [2.24, 2.45) is 11.8 Å². The molecular formula is C13H21NS. The van der Waals surface area contributed by atoms with Crippen molar-refractivity contribution in [1.29, 1.82) is 0 Å².